The molecule has 7 nitrogen and oxygen atoms in total. The molecule has 2 aromatic carbocycles. The first-order valence-corrected chi connectivity index (χ1v) is 13.1. The number of carbonyl (C=O) groups is 1. The Balaban J connectivity index is 1.43. The zero-order chi connectivity index (χ0) is 28.8. The third-order valence-electron chi connectivity index (χ3n) is 6.10. The highest BCUT2D eigenvalue weighted by Crippen LogP contribution is 2.33. The normalized spacial score (nSPS) is 11.9. The van der Waals surface area contributed by atoms with E-state index in [-0.39, 0.29) is 40.3 Å². The van der Waals surface area contributed by atoms with Gasteiger partial charge in [-0.05, 0) is 35.2 Å². The Kier molecular flexibility index (Phi) is 7.52. The summed E-state index contributed by atoms with van der Waals surface area (Å²) in [6.07, 6.45) is -3.26. The number of halogens is 6. The number of benzene rings is 2. The summed E-state index contributed by atoms with van der Waals surface area (Å²) < 4.78 is 44.0. The van der Waals surface area contributed by atoms with Crippen LogP contribution >= 0.6 is 34.8 Å². The van der Waals surface area contributed by atoms with Gasteiger partial charge in [0.2, 0.25) is 0 Å². The minimum absolute atomic E-state index is 0.0127. The van der Waals surface area contributed by atoms with Crippen LogP contribution in [-0.2, 0) is 12.7 Å². The van der Waals surface area contributed by atoms with Gasteiger partial charge in [-0.15, -0.1) is 0 Å². The fourth-order valence-electron chi connectivity index (χ4n) is 4.03. The van der Waals surface area contributed by atoms with Gasteiger partial charge in [0.1, 0.15) is 5.02 Å². The van der Waals surface area contributed by atoms with Crippen molar-refractivity contribution in [1.82, 2.24) is 24.4 Å². The highest BCUT2D eigenvalue weighted by molar-refractivity contribution is 6.42. The number of nitrogens with zero attached hydrogens (tertiary/aromatic N) is 5. The lowest BCUT2D eigenvalue weighted by molar-refractivity contribution is -0.142. The second-order valence-electron chi connectivity index (χ2n) is 9.33. The summed E-state index contributed by atoms with van der Waals surface area (Å²) in [5, 5.41) is 11.5. The highest BCUT2D eigenvalue weighted by atomic mass is 35.5. The SMILES string of the molecule is CC(C)c1ccc(-c2cc(C(F)(F)F)n3nc(C(=O)Nc4nn(Cc5ccc(Cl)c(Cl)c5)cc4Cl)cc3n2)cc1. The first-order chi connectivity index (χ1) is 18.9. The van der Waals surface area contributed by atoms with Crippen LogP contribution in [0.3, 0.4) is 0 Å². The molecule has 0 aliphatic carbocycles. The molecule has 5 rings (SSSR count). The molecule has 0 atom stereocenters. The molecular formula is C27H20Cl3F3N6O. The molecule has 5 aromatic rings. The molecule has 0 spiro atoms. The Morgan fingerprint density at radius 3 is 2.33 bits per heavy atom. The zero-order valence-electron chi connectivity index (χ0n) is 21.0. The van der Waals surface area contributed by atoms with Crippen molar-refractivity contribution in [3.63, 3.8) is 0 Å². The number of aromatic nitrogens is 5. The molecule has 0 fully saturated rings. The number of hydrogen-bond donors (Lipinski definition) is 1. The second-order valence-corrected chi connectivity index (χ2v) is 10.5. The van der Waals surface area contributed by atoms with Crippen LogP contribution in [-0.4, -0.2) is 30.3 Å². The van der Waals surface area contributed by atoms with E-state index in [9.17, 15) is 18.0 Å². The van der Waals surface area contributed by atoms with E-state index in [1.54, 1.807) is 30.3 Å². The van der Waals surface area contributed by atoms with Crippen LogP contribution in [0, 0.1) is 0 Å². The van der Waals surface area contributed by atoms with Crippen molar-refractivity contribution < 1.29 is 18.0 Å². The smallest absolute Gasteiger partial charge is 0.302 e. The van der Waals surface area contributed by atoms with Crippen molar-refractivity contribution >= 4 is 52.2 Å². The van der Waals surface area contributed by atoms with Gasteiger partial charge in [0, 0.05) is 17.8 Å². The number of nitrogens with one attached hydrogen (secondary N) is 1. The maximum absolute atomic E-state index is 14.0. The zero-order valence-corrected chi connectivity index (χ0v) is 23.2. The van der Waals surface area contributed by atoms with E-state index in [4.69, 9.17) is 34.8 Å². The molecule has 3 heterocycles. The average Bonchev–Trinajstić information content (AvgIpc) is 3.48. The van der Waals surface area contributed by atoms with Gasteiger partial charge >= 0.3 is 6.18 Å². The minimum Gasteiger partial charge on any atom is -0.302 e. The summed E-state index contributed by atoms with van der Waals surface area (Å²) in [6.45, 7) is 4.32. The van der Waals surface area contributed by atoms with Gasteiger partial charge in [0.25, 0.3) is 5.91 Å². The summed E-state index contributed by atoms with van der Waals surface area (Å²) >= 11 is 18.3. The largest absolute Gasteiger partial charge is 0.433 e. The Hall–Kier alpha value is -3.60. The van der Waals surface area contributed by atoms with E-state index in [1.807, 2.05) is 26.0 Å². The summed E-state index contributed by atoms with van der Waals surface area (Å²) in [4.78, 5) is 17.3. The van der Waals surface area contributed by atoms with Crippen LogP contribution in [0.4, 0.5) is 19.0 Å². The summed E-state index contributed by atoms with van der Waals surface area (Å²) in [5.74, 6) is -0.524. The number of hydrogen-bond acceptors (Lipinski definition) is 4. The molecule has 1 N–H and O–H groups in total. The summed E-state index contributed by atoms with van der Waals surface area (Å²) in [7, 11) is 0. The molecule has 0 bridgehead atoms. The van der Waals surface area contributed by atoms with Crippen molar-refractivity contribution in [2.45, 2.75) is 32.5 Å². The number of rotatable bonds is 6. The number of anilines is 1. The van der Waals surface area contributed by atoms with Gasteiger partial charge in [-0.3, -0.25) is 9.48 Å². The molecule has 40 heavy (non-hydrogen) atoms. The van der Waals surface area contributed by atoms with Crippen molar-refractivity contribution in [3.8, 4) is 11.3 Å². The van der Waals surface area contributed by atoms with Crippen LogP contribution < -0.4 is 5.32 Å². The fraction of sp³-hybridized carbons (Fsp3) is 0.185. The van der Waals surface area contributed by atoms with Gasteiger partial charge < -0.3 is 5.32 Å². The van der Waals surface area contributed by atoms with Crippen molar-refractivity contribution in [2.24, 2.45) is 0 Å². The first-order valence-electron chi connectivity index (χ1n) is 12.0. The van der Waals surface area contributed by atoms with Crippen LogP contribution in [0.2, 0.25) is 15.1 Å². The maximum atomic E-state index is 14.0. The van der Waals surface area contributed by atoms with Gasteiger partial charge in [-0.25, -0.2) is 9.50 Å². The van der Waals surface area contributed by atoms with E-state index < -0.39 is 17.8 Å². The predicted molar refractivity (Wildman–Crippen MR) is 148 cm³/mol. The van der Waals surface area contributed by atoms with Crippen LogP contribution in [0.5, 0.6) is 0 Å². The Labute approximate surface area is 241 Å². The number of carbonyl (C=O) groups excluding carboxylic acids is 1. The molecule has 206 valence electrons. The van der Waals surface area contributed by atoms with Crippen LogP contribution in [0.25, 0.3) is 16.9 Å². The van der Waals surface area contributed by atoms with Gasteiger partial charge in [0.05, 0.1) is 22.3 Å². The highest BCUT2D eigenvalue weighted by Gasteiger charge is 2.35. The number of fused-ring (bicyclic) bond motifs is 1. The molecule has 0 unspecified atom stereocenters. The second kappa shape index (κ2) is 10.8. The molecule has 0 aliphatic rings. The fourth-order valence-corrected chi connectivity index (χ4v) is 4.55. The van der Waals surface area contributed by atoms with E-state index in [0.717, 1.165) is 17.2 Å². The number of alkyl halides is 3. The monoisotopic (exact) mass is 606 g/mol. The van der Waals surface area contributed by atoms with Crippen molar-refractivity contribution in [2.75, 3.05) is 5.32 Å². The molecular weight excluding hydrogens is 588 g/mol. The topological polar surface area (TPSA) is 77.1 Å². The summed E-state index contributed by atoms with van der Waals surface area (Å²) in [5.41, 5.74) is 0.937. The lowest BCUT2D eigenvalue weighted by Gasteiger charge is -2.11. The first kappa shape index (κ1) is 27.9. The number of amides is 1. The van der Waals surface area contributed by atoms with Crippen molar-refractivity contribution in [3.05, 3.63) is 98.4 Å². The molecule has 0 aliphatic heterocycles. The maximum Gasteiger partial charge on any atom is 0.433 e. The van der Waals surface area contributed by atoms with Crippen LogP contribution in [0.15, 0.2) is 60.8 Å². The van der Waals surface area contributed by atoms with Crippen molar-refractivity contribution in [1.29, 1.82) is 0 Å². The Morgan fingerprint density at radius 2 is 1.68 bits per heavy atom. The van der Waals surface area contributed by atoms with Crippen LogP contribution in [0.1, 0.15) is 47.1 Å². The molecule has 13 heteroatoms. The van der Waals surface area contributed by atoms with E-state index in [1.165, 1.54) is 16.9 Å². The van der Waals surface area contributed by atoms with E-state index in [2.05, 4.69) is 20.5 Å². The minimum atomic E-state index is -4.75. The van der Waals surface area contributed by atoms with Gasteiger partial charge in [-0.1, -0.05) is 79.0 Å². The molecule has 0 saturated carbocycles. The third kappa shape index (κ3) is 5.79. The molecule has 3 aromatic heterocycles. The average molecular weight is 608 g/mol. The Morgan fingerprint density at radius 1 is 0.950 bits per heavy atom. The molecule has 0 radical (unpaired) electrons. The lowest BCUT2D eigenvalue weighted by Crippen LogP contribution is -2.16. The third-order valence-corrected chi connectivity index (χ3v) is 7.12. The lowest BCUT2D eigenvalue weighted by atomic mass is 10.0. The van der Waals surface area contributed by atoms with E-state index >= 15 is 0 Å². The predicted octanol–water partition coefficient (Wildman–Crippen LogP) is 8.00. The molecule has 0 saturated heterocycles. The molecule has 1 amide bonds. The van der Waals surface area contributed by atoms with E-state index in [0.29, 0.717) is 20.1 Å². The Bertz CT molecular complexity index is 1730. The summed E-state index contributed by atoms with van der Waals surface area (Å²) in [6, 6.07) is 14.3. The van der Waals surface area contributed by atoms with Gasteiger partial charge in [0.15, 0.2) is 22.9 Å². The standard InChI is InChI=1S/C27H20Cl3F3N6O/c1-14(2)16-4-6-17(7-5-16)21-10-23(27(31,32)33)39-24(34-21)11-22(36-39)26(40)35-25-20(30)13-38(37-25)12-15-3-8-18(28)19(29)9-15/h3-11,13-14H,12H2,1-2H3,(H,35,37,40). The quantitative estimate of drug-likeness (QED) is 0.212. The van der Waals surface area contributed by atoms with Gasteiger partial charge in [-0.2, -0.15) is 23.4 Å².